The second kappa shape index (κ2) is 9.47. The third kappa shape index (κ3) is 4.74. The summed E-state index contributed by atoms with van der Waals surface area (Å²) < 4.78 is 44.2. The first-order chi connectivity index (χ1) is 17.7. The molecule has 4 heterocycles. The number of aromatic nitrogens is 5. The minimum absolute atomic E-state index is 0.0503. The van der Waals surface area contributed by atoms with E-state index in [1.54, 1.807) is 10.7 Å². The number of carbonyl (C=O) groups is 1. The van der Waals surface area contributed by atoms with E-state index in [2.05, 4.69) is 20.5 Å². The number of hydrogen-bond acceptors (Lipinski definition) is 5. The zero-order valence-corrected chi connectivity index (χ0v) is 21.1. The minimum atomic E-state index is -4.68. The Kier molecular flexibility index (Phi) is 6.32. The molecule has 0 bridgehead atoms. The van der Waals surface area contributed by atoms with E-state index >= 15 is 0 Å². The Hall–Kier alpha value is -3.99. The summed E-state index contributed by atoms with van der Waals surface area (Å²) in [6, 6.07) is 15.5. The van der Waals surface area contributed by atoms with Crippen LogP contribution >= 0.6 is 11.3 Å². The summed E-state index contributed by atoms with van der Waals surface area (Å²) in [5, 5.41) is 11.3. The fourth-order valence-corrected chi connectivity index (χ4v) is 5.04. The number of nitrogens with zero attached hydrogens (tertiary/aromatic N) is 5. The van der Waals surface area contributed by atoms with Gasteiger partial charge in [0, 0.05) is 28.7 Å². The third-order valence-corrected chi connectivity index (χ3v) is 7.33. The zero-order valence-electron chi connectivity index (χ0n) is 20.3. The first kappa shape index (κ1) is 24.7. The Balaban J connectivity index is 1.44. The second-order valence-electron chi connectivity index (χ2n) is 8.52. The van der Waals surface area contributed by atoms with Crippen LogP contribution in [0.3, 0.4) is 0 Å². The quantitative estimate of drug-likeness (QED) is 0.306. The summed E-state index contributed by atoms with van der Waals surface area (Å²) in [7, 11) is 0. The van der Waals surface area contributed by atoms with Crippen LogP contribution in [0.4, 0.5) is 13.2 Å². The summed E-state index contributed by atoms with van der Waals surface area (Å²) in [6.07, 6.45) is -3.90. The Morgan fingerprint density at radius 1 is 1.05 bits per heavy atom. The van der Waals surface area contributed by atoms with Crippen LogP contribution in [0, 0.1) is 13.8 Å². The lowest BCUT2D eigenvalue weighted by molar-refractivity contribution is -0.142. The molecular weight excluding hydrogens is 501 g/mol. The molecule has 1 aromatic carbocycles. The molecular formula is C26H23F3N6OS. The number of hydrogen-bond donors (Lipinski definition) is 1. The SMILES string of the molecule is CCc1ccc(-c2cc(C(F)(F)F)n3nc(C(=O)NCc4c(C)nn(-c5ccccc5)c4C)cc3n2)s1. The van der Waals surface area contributed by atoms with Gasteiger partial charge >= 0.3 is 6.18 Å². The number of rotatable bonds is 6. The number of carbonyl (C=O) groups excluding carboxylic acids is 1. The summed E-state index contributed by atoms with van der Waals surface area (Å²) in [5.74, 6) is -0.601. The molecule has 0 saturated heterocycles. The van der Waals surface area contributed by atoms with Gasteiger partial charge in [0.15, 0.2) is 17.0 Å². The summed E-state index contributed by atoms with van der Waals surface area (Å²) in [5.41, 5.74) is 2.30. The van der Waals surface area contributed by atoms with Crippen LogP contribution < -0.4 is 5.32 Å². The number of fused-ring (bicyclic) bond motifs is 1. The van der Waals surface area contributed by atoms with Crippen molar-refractivity contribution in [2.24, 2.45) is 0 Å². The van der Waals surface area contributed by atoms with Gasteiger partial charge in [-0.25, -0.2) is 14.2 Å². The number of amides is 1. The maximum atomic E-state index is 13.9. The molecule has 7 nitrogen and oxygen atoms in total. The number of aryl methyl sites for hydroxylation is 2. The highest BCUT2D eigenvalue weighted by Gasteiger charge is 2.36. The van der Waals surface area contributed by atoms with Gasteiger partial charge in [-0.15, -0.1) is 11.3 Å². The van der Waals surface area contributed by atoms with E-state index in [1.807, 2.05) is 57.2 Å². The molecule has 5 rings (SSSR count). The summed E-state index contributed by atoms with van der Waals surface area (Å²) in [4.78, 5) is 19.0. The van der Waals surface area contributed by atoms with Gasteiger partial charge in [0.1, 0.15) is 0 Å². The van der Waals surface area contributed by atoms with Crippen molar-refractivity contribution < 1.29 is 18.0 Å². The average Bonchev–Trinajstić information content (AvgIpc) is 3.59. The molecule has 0 saturated carbocycles. The first-order valence-electron chi connectivity index (χ1n) is 11.6. The van der Waals surface area contributed by atoms with E-state index in [4.69, 9.17) is 0 Å². The van der Waals surface area contributed by atoms with Gasteiger partial charge in [-0.1, -0.05) is 25.1 Å². The van der Waals surface area contributed by atoms with E-state index in [0.717, 1.165) is 40.0 Å². The molecule has 0 unspecified atom stereocenters. The number of alkyl halides is 3. The van der Waals surface area contributed by atoms with Gasteiger partial charge < -0.3 is 5.32 Å². The highest BCUT2D eigenvalue weighted by Crippen LogP contribution is 2.34. The minimum Gasteiger partial charge on any atom is -0.346 e. The molecule has 1 N–H and O–H groups in total. The van der Waals surface area contributed by atoms with Crippen LogP contribution in [0.2, 0.25) is 0 Å². The standard InChI is InChI=1S/C26H23F3N6OS/c1-4-18-10-11-22(37-18)20-12-23(26(27,28)29)35-24(31-20)13-21(33-35)25(36)30-14-19-15(2)32-34(16(19)3)17-8-6-5-7-9-17/h5-13H,4,14H2,1-3H3,(H,30,36). The molecule has 0 aliphatic carbocycles. The number of halogens is 3. The number of nitrogens with one attached hydrogen (secondary N) is 1. The number of thiophene rings is 1. The molecule has 0 fully saturated rings. The van der Waals surface area contributed by atoms with Crippen molar-refractivity contribution in [3.63, 3.8) is 0 Å². The van der Waals surface area contributed by atoms with Gasteiger partial charge in [0.25, 0.3) is 5.91 Å². The monoisotopic (exact) mass is 524 g/mol. The Morgan fingerprint density at radius 3 is 2.49 bits per heavy atom. The molecule has 0 aliphatic heterocycles. The van der Waals surface area contributed by atoms with Crippen molar-refractivity contribution in [1.29, 1.82) is 0 Å². The predicted molar refractivity (Wildman–Crippen MR) is 135 cm³/mol. The number of para-hydroxylation sites is 1. The molecule has 0 atom stereocenters. The van der Waals surface area contributed by atoms with Crippen LogP contribution in [0.1, 0.15) is 44.9 Å². The molecule has 190 valence electrons. The van der Waals surface area contributed by atoms with Gasteiger partial charge in [-0.3, -0.25) is 4.79 Å². The van der Waals surface area contributed by atoms with Crippen molar-refractivity contribution in [2.75, 3.05) is 0 Å². The number of benzene rings is 1. The van der Waals surface area contributed by atoms with E-state index in [1.165, 1.54) is 17.4 Å². The molecule has 37 heavy (non-hydrogen) atoms. The Bertz CT molecular complexity index is 1600. The largest absolute Gasteiger partial charge is 0.433 e. The molecule has 1 amide bonds. The normalized spacial score (nSPS) is 11.8. The molecule has 11 heteroatoms. The Labute approximate surface area is 214 Å². The van der Waals surface area contributed by atoms with E-state index in [-0.39, 0.29) is 23.6 Å². The van der Waals surface area contributed by atoms with Gasteiger partial charge in [0.2, 0.25) is 0 Å². The second-order valence-corrected chi connectivity index (χ2v) is 9.69. The molecule has 5 aromatic rings. The van der Waals surface area contributed by atoms with E-state index in [0.29, 0.717) is 9.39 Å². The molecule has 4 aromatic heterocycles. The van der Waals surface area contributed by atoms with Gasteiger partial charge in [0.05, 0.1) is 22.0 Å². The van der Waals surface area contributed by atoms with Crippen molar-refractivity contribution in [2.45, 2.75) is 39.9 Å². The molecule has 0 radical (unpaired) electrons. The average molecular weight is 525 g/mol. The molecule has 0 aliphatic rings. The summed E-state index contributed by atoms with van der Waals surface area (Å²) in [6.45, 7) is 5.87. The highest BCUT2D eigenvalue weighted by molar-refractivity contribution is 7.15. The smallest absolute Gasteiger partial charge is 0.346 e. The molecule has 0 spiro atoms. The lowest BCUT2D eigenvalue weighted by atomic mass is 10.2. The lowest BCUT2D eigenvalue weighted by Crippen LogP contribution is -2.24. The third-order valence-electron chi connectivity index (χ3n) is 6.08. The van der Waals surface area contributed by atoms with Crippen molar-refractivity contribution >= 4 is 22.9 Å². The van der Waals surface area contributed by atoms with Crippen LogP contribution in [0.5, 0.6) is 0 Å². The maximum absolute atomic E-state index is 13.9. The Morgan fingerprint density at radius 2 is 1.81 bits per heavy atom. The maximum Gasteiger partial charge on any atom is 0.433 e. The van der Waals surface area contributed by atoms with E-state index in [9.17, 15) is 18.0 Å². The van der Waals surface area contributed by atoms with Crippen molar-refractivity contribution in [1.82, 2.24) is 29.7 Å². The highest BCUT2D eigenvalue weighted by atomic mass is 32.1. The first-order valence-corrected chi connectivity index (χ1v) is 12.4. The lowest BCUT2D eigenvalue weighted by Gasteiger charge is -2.10. The zero-order chi connectivity index (χ0) is 26.3. The van der Waals surface area contributed by atoms with Crippen LogP contribution in [-0.4, -0.2) is 30.3 Å². The van der Waals surface area contributed by atoms with E-state index < -0.39 is 17.8 Å². The van der Waals surface area contributed by atoms with Crippen LogP contribution in [0.15, 0.2) is 54.6 Å². The predicted octanol–water partition coefficient (Wildman–Crippen LogP) is 5.77. The van der Waals surface area contributed by atoms with Gasteiger partial charge in [-0.05, 0) is 50.6 Å². The van der Waals surface area contributed by atoms with Gasteiger partial charge in [-0.2, -0.15) is 23.4 Å². The van der Waals surface area contributed by atoms with Crippen LogP contribution in [0.25, 0.3) is 21.9 Å². The topological polar surface area (TPSA) is 77.1 Å². The summed E-state index contributed by atoms with van der Waals surface area (Å²) >= 11 is 1.39. The van der Waals surface area contributed by atoms with Crippen molar-refractivity contribution in [3.05, 3.63) is 87.8 Å². The fourth-order valence-electron chi connectivity index (χ4n) is 4.13. The fraction of sp³-hybridized carbons (Fsp3) is 0.231. The van der Waals surface area contributed by atoms with Crippen LogP contribution in [-0.2, 0) is 19.1 Å². The van der Waals surface area contributed by atoms with Crippen molar-refractivity contribution in [3.8, 4) is 16.3 Å².